The minimum atomic E-state index is 0.333. The first-order valence-electron chi connectivity index (χ1n) is 5.25. The van der Waals surface area contributed by atoms with Crippen LogP contribution < -0.4 is 11.5 Å². The zero-order chi connectivity index (χ0) is 12.4. The van der Waals surface area contributed by atoms with E-state index in [-0.39, 0.29) is 0 Å². The third kappa shape index (κ3) is 2.42. The summed E-state index contributed by atoms with van der Waals surface area (Å²) in [5.74, 6) is 0. The van der Waals surface area contributed by atoms with Crippen LogP contribution in [-0.4, -0.2) is 11.4 Å². The molecule has 0 spiro atoms. The van der Waals surface area contributed by atoms with Crippen molar-refractivity contribution in [2.24, 2.45) is 10.7 Å². The van der Waals surface area contributed by atoms with Crippen molar-refractivity contribution < 1.29 is 0 Å². The quantitative estimate of drug-likeness (QED) is 0.506. The Bertz CT molecular complexity index is 547. The van der Waals surface area contributed by atoms with Crippen molar-refractivity contribution in [3.05, 3.63) is 47.7 Å². The predicted molar refractivity (Wildman–Crippen MR) is 71.7 cm³/mol. The van der Waals surface area contributed by atoms with Crippen molar-refractivity contribution in [1.29, 1.82) is 5.41 Å². The molecule has 5 N–H and O–H groups in total. The molecule has 86 valence electrons. The topological polar surface area (TPSA) is 88.2 Å². The first-order chi connectivity index (χ1) is 8.06. The summed E-state index contributed by atoms with van der Waals surface area (Å²) in [4.78, 5) is 4.42. The van der Waals surface area contributed by atoms with E-state index in [2.05, 4.69) is 4.99 Å². The normalized spacial score (nSPS) is 17.9. The summed E-state index contributed by atoms with van der Waals surface area (Å²) in [6, 6.07) is 7.22. The van der Waals surface area contributed by atoms with Gasteiger partial charge in [0.2, 0.25) is 0 Å². The molecule has 0 fully saturated rings. The average molecular weight is 226 g/mol. The van der Waals surface area contributed by atoms with Crippen LogP contribution in [0.25, 0.3) is 0 Å². The number of benzene rings is 1. The Balaban J connectivity index is 2.38. The minimum absolute atomic E-state index is 0.333. The van der Waals surface area contributed by atoms with E-state index < -0.39 is 0 Å². The molecule has 0 heterocycles. The zero-order valence-electron chi connectivity index (χ0n) is 9.57. The van der Waals surface area contributed by atoms with Gasteiger partial charge in [0, 0.05) is 11.4 Å². The number of hydrogen-bond donors (Lipinski definition) is 3. The van der Waals surface area contributed by atoms with Gasteiger partial charge in [-0.15, -0.1) is 0 Å². The highest BCUT2D eigenvalue weighted by molar-refractivity contribution is 6.52. The van der Waals surface area contributed by atoms with Crippen molar-refractivity contribution in [1.82, 2.24) is 0 Å². The molecular weight excluding hydrogens is 212 g/mol. The molecule has 4 heteroatoms. The van der Waals surface area contributed by atoms with Gasteiger partial charge in [-0.05, 0) is 48.9 Å². The molecule has 0 amide bonds. The standard InChI is InChI=1S/C13H14N4/c1-8-6-10(15)7-12(16)13(8)17-11-4-2-9(14)3-5-11/h2-7,16H,14-15H2,1H3. The SMILES string of the molecule is CC1=CC(N)=CC(=N)C1=Nc1ccc(N)cc1. The van der Waals surface area contributed by atoms with Gasteiger partial charge in [-0.2, -0.15) is 0 Å². The molecule has 0 unspecified atom stereocenters. The van der Waals surface area contributed by atoms with Gasteiger partial charge >= 0.3 is 0 Å². The number of nitrogen functional groups attached to an aromatic ring is 1. The van der Waals surface area contributed by atoms with Crippen LogP contribution in [0.2, 0.25) is 0 Å². The maximum atomic E-state index is 7.85. The van der Waals surface area contributed by atoms with Crippen molar-refractivity contribution >= 4 is 22.8 Å². The number of nitrogens with zero attached hydrogens (tertiary/aromatic N) is 1. The van der Waals surface area contributed by atoms with E-state index in [0.29, 0.717) is 22.8 Å². The van der Waals surface area contributed by atoms with Crippen LogP contribution in [0.1, 0.15) is 6.92 Å². The number of nitrogens with two attached hydrogens (primary N) is 2. The maximum absolute atomic E-state index is 7.85. The van der Waals surface area contributed by atoms with E-state index in [1.807, 2.05) is 25.1 Å². The maximum Gasteiger partial charge on any atom is 0.0916 e. The fourth-order valence-electron chi connectivity index (χ4n) is 1.63. The molecule has 0 radical (unpaired) electrons. The predicted octanol–water partition coefficient (Wildman–Crippen LogP) is 2.16. The second-order valence-electron chi connectivity index (χ2n) is 3.94. The Morgan fingerprint density at radius 3 is 2.29 bits per heavy atom. The molecule has 0 bridgehead atoms. The van der Waals surface area contributed by atoms with E-state index >= 15 is 0 Å². The highest BCUT2D eigenvalue weighted by Crippen LogP contribution is 2.18. The Labute approximate surface area is 99.9 Å². The summed E-state index contributed by atoms with van der Waals surface area (Å²) in [6.07, 6.45) is 3.41. The third-order valence-corrected chi connectivity index (χ3v) is 2.46. The van der Waals surface area contributed by atoms with Crippen LogP contribution in [0.3, 0.4) is 0 Å². The molecular formula is C13H14N4. The van der Waals surface area contributed by atoms with Crippen LogP contribution in [0.15, 0.2) is 52.7 Å². The number of hydrogen-bond acceptors (Lipinski definition) is 4. The van der Waals surface area contributed by atoms with E-state index in [0.717, 1.165) is 11.3 Å². The van der Waals surface area contributed by atoms with Crippen molar-refractivity contribution in [3.8, 4) is 0 Å². The molecule has 4 nitrogen and oxygen atoms in total. The molecule has 1 aliphatic rings. The lowest BCUT2D eigenvalue weighted by Crippen LogP contribution is -2.18. The lowest BCUT2D eigenvalue weighted by molar-refractivity contribution is 1.36. The number of allylic oxidation sites excluding steroid dienone is 3. The van der Waals surface area contributed by atoms with Crippen LogP contribution >= 0.6 is 0 Å². The van der Waals surface area contributed by atoms with Gasteiger partial charge in [-0.3, -0.25) is 5.41 Å². The van der Waals surface area contributed by atoms with Crippen molar-refractivity contribution in [3.63, 3.8) is 0 Å². The van der Waals surface area contributed by atoms with Gasteiger partial charge in [-0.25, -0.2) is 4.99 Å². The summed E-state index contributed by atoms with van der Waals surface area (Å²) < 4.78 is 0. The summed E-state index contributed by atoms with van der Waals surface area (Å²) in [5, 5.41) is 7.85. The highest BCUT2D eigenvalue weighted by atomic mass is 14.8. The molecule has 1 aliphatic carbocycles. The second kappa shape index (κ2) is 4.25. The summed E-state index contributed by atoms with van der Waals surface area (Å²) in [5.41, 5.74) is 15.2. The third-order valence-electron chi connectivity index (χ3n) is 2.46. The van der Waals surface area contributed by atoms with Crippen LogP contribution in [0, 0.1) is 5.41 Å². The van der Waals surface area contributed by atoms with Gasteiger partial charge in [0.25, 0.3) is 0 Å². The Kier molecular flexibility index (Phi) is 2.78. The molecule has 17 heavy (non-hydrogen) atoms. The Hall–Kier alpha value is -2.36. The molecule has 1 aromatic rings. The molecule has 1 aromatic carbocycles. The highest BCUT2D eigenvalue weighted by Gasteiger charge is 2.12. The van der Waals surface area contributed by atoms with Crippen molar-refractivity contribution in [2.75, 3.05) is 5.73 Å². The summed E-state index contributed by atoms with van der Waals surface area (Å²) >= 11 is 0. The zero-order valence-corrected chi connectivity index (χ0v) is 9.57. The van der Waals surface area contributed by atoms with Crippen molar-refractivity contribution in [2.45, 2.75) is 6.92 Å². The molecule has 2 rings (SSSR count). The number of rotatable bonds is 1. The summed E-state index contributed by atoms with van der Waals surface area (Å²) in [7, 11) is 0. The number of anilines is 1. The summed E-state index contributed by atoms with van der Waals surface area (Å²) in [6.45, 7) is 1.89. The largest absolute Gasteiger partial charge is 0.399 e. The lowest BCUT2D eigenvalue weighted by atomic mass is 10.0. The van der Waals surface area contributed by atoms with Crippen LogP contribution in [-0.2, 0) is 0 Å². The van der Waals surface area contributed by atoms with Gasteiger partial charge in [0.1, 0.15) is 0 Å². The lowest BCUT2D eigenvalue weighted by Gasteiger charge is -2.11. The van der Waals surface area contributed by atoms with E-state index in [9.17, 15) is 0 Å². The molecule has 0 saturated heterocycles. The number of aliphatic imine (C=N–C) groups is 1. The molecule has 0 saturated carbocycles. The van der Waals surface area contributed by atoms with Gasteiger partial charge in [-0.1, -0.05) is 0 Å². The van der Waals surface area contributed by atoms with Gasteiger partial charge in [0.05, 0.1) is 17.1 Å². The number of nitrogens with one attached hydrogen (secondary N) is 1. The van der Waals surface area contributed by atoms with E-state index in [1.165, 1.54) is 0 Å². The van der Waals surface area contributed by atoms with Gasteiger partial charge in [0.15, 0.2) is 0 Å². The van der Waals surface area contributed by atoms with Crippen LogP contribution in [0.4, 0.5) is 11.4 Å². The van der Waals surface area contributed by atoms with Gasteiger partial charge < -0.3 is 11.5 Å². The first-order valence-corrected chi connectivity index (χ1v) is 5.25. The molecule has 0 aliphatic heterocycles. The second-order valence-corrected chi connectivity index (χ2v) is 3.94. The smallest absolute Gasteiger partial charge is 0.0916 e. The fourth-order valence-corrected chi connectivity index (χ4v) is 1.63. The Morgan fingerprint density at radius 2 is 1.71 bits per heavy atom. The van der Waals surface area contributed by atoms with Crippen LogP contribution in [0.5, 0.6) is 0 Å². The monoisotopic (exact) mass is 226 g/mol. The Morgan fingerprint density at radius 1 is 1.06 bits per heavy atom. The molecule has 0 atom stereocenters. The van der Waals surface area contributed by atoms with E-state index in [1.54, 1.807) is 18.2 Å². The minimum Gasteiger partial charge on any atom is -0.399 e. The molecule has 0 aromatic heterocycles. The fraction of sp³-hybridized carbons (Fsp3) is 0.0769. The first kappa shape index (κ1) is 11.1. The average Bonchev–Trinajstić information content (AvgIpc) is 2.26. The van der Waals surface area contributed by atoms with E-state index in [4.69, 9.17) is 16.9 Å².